The molecule has 2 atom stereocenters. The molecule has 6 heteroatoms. The van der Waals surface area contributed by atoms with Gasteiger partial charge in [-0.15, -0.1) is 10.2 Å². The van der Waals surface area contributed by atoms with Crippen LogP contribution in [0.2, 0.25) is 0 Å². The highest BCUT2D eigenvalue weighted by molar-refractivity contribution is 5.80. The minimum atomic E-state index is 0.526. The van der Waals surface area contributed by atoms with E-state index in [4.69, 9.17) is 4.99 Å². The Labute approximate surface area is 137 Å². The lowest BCUT2D eigenvalue weighted by Gasteiger charge is -2.12. The van der Waals surface area contributed by atoms with Gasteiger partial charge in [0.05, 0.1) is 13.1 Å². The first-order chi connectivity index (χ1) is 11.1. The lowest BCUT2D eigenvalue weighted by atomic mass is 10.2. The van der Waals surface area contributed by atoms with Crippen LogP contribution in [0.1, 0.15) is 30.6 Å². The maximum Gasteiger partial charge on any atom is 0.192 e. The molecule has 1 saturated carbocycles. The van der Waals surface area contributed by atoms with Crippen LogP contribution < -0.4 is 10.6 Å². The minimum Gasteiger partial charge on any atom is -0.353 e. The van der Waals surface area contributed by atoms with Gasteiger partial charge in [-0.25, -0.2) is 4.99 Å². The first-order valence-corrected chi connectivity index (χ1v) is 8.07. The molecule has 2 aromatic rings. The van der Waals surface area contributed by atoms with Gasteiger partial charge in [0, 0.05) is 13.1 Å². The van der Waals surface area contributed by atoms with Crippen molar-refractivity contribution < 1.29 is 0 Å². The molecule has 0 saturated heterocycles. The monoisotopic (exact) mass is 312 g/mol. The van der Waals surface area contributed by atoms with Gasteiger partial charge < -0.3 is 15.2 Å². The summed E-state index contributed by atoms with van der Waals surface area (Å²) in [5.41, 5.74) is 1.20. The largest absolute Gasteiger partial charge is 0.353 e. The number of hydrogen-bond donors (Lipinski definition) is 2. The number of nitrogens with one attached hydrogen (secondary N) is 2. The van der Waals surface area contributed by atoms with Crippen LogP contribution in [0.5, 0.6) is 0 Å². The molecule has 1 aliphatic rings. The molecular formula is C17H24N6. The van der Waals surface area contributed by atoms with Crippen molar-refractivity contribution in [3.8, 4) is 0 Å². The molecule has 1 aliphatic carbocycles. The van der Waals surface area contributed by atoms with E-state index in [1.165, 1.54) is 12.0 Å². The van der Waals surface area contributed by atoms with E-state index < -0.39 is 0 Å². The van der Waals surface area contributed by atoms with Crippen LogP contribution in [0.4, 0.5) is 0 Å². The van der Waals surface area contributed by atoms with E-state index in [-0.39, 0.29) is 0 Å². The summed E-state index contributed by atoms with van der Waals surface area (Å²) in [6.45, 7) is 5.47. The molecule has 2 unspecified atom stereocenters. The first kappa shape index (κ1) is 15.5. The number of aryl methyl sites for hydroxylation is 1. The molecule has 1 aromatic heterocycles. The first-order valence-electron chi connectivity index (χ1n) is 8.07. The Hall–Kier alpha value is -2.37. The Morgan fingerprint density at radius 1 is 1.30 bits per heavy atom. The average Bonchev–Trinajstić information content (AvgIpc) is 3.17. The van der Waals surface area contributed by atoms with Crippen LogP contribution in [-0.4, -0.2) is 26.8 Å². The van der Waals surface area contributed by atoms with E-state index in [0.717, 1.165) is 23.5 Å². The second-order valence-electron chi connectivity index (χ2n) is 6.19. The van der Waals surface area contributed by atoms with Gasteiger partial charge in [0.1, 0.15) is 5.82 Å². The van der Waals surface area contributed by atoms with Crippen LogP contribution in [-0.2, 0) is 20.1 Å². The van der Waals surface area contributed by atoms with Gasteiger partial charge in [-0.1, -0.05) is 37.3 Å². The van der Waals surface area contributed by atoms with Crippen LogP contribution in [0.3, 0.4) is 0 Å². The maximum atomic E-state index is 4.70. The van der Waals surface area contributed by atoms with Gasteiger partial charge in [-0.3, -0.25) is 0 Å². The highest BCUT2D eigenvalue weighted by atomic mass is 15.3. The molecule has 1 fully saturated rings. The maximum absolute atomic E-state index is 4.70. The minimum absolute atomic E-state index is 0.526. The van der Waals surface area contributed by atoms with Gasteiger partial charge in [-0.2, -0.15) is 0 Å². The molecule has 0 radical (unpaired) electrons. The van der Waals surface area contributed by atoms with E-state index in [1.807, 2.05) is 36.7 Å². The van der Waals surface area contributed by atoms with Crippen LogP contribution in [0.15, 0.2) is 35.3 Å². The number of nitrogens with zero attached hydrogens (tertiary/aromatic N) is 4. The van der Waals surface area contributed by atoms with E-state index in [0.29, 0.717) is 19.1 Å². The Morgan fingerprint density at radius 2 is 2.04 bits per heavy atom. The molecule has 0 aliphatic heterocycles. The van der Waals surface area contributed by atoms with Crippen LogP contribution in [0, 0.1) is 12.8 Å². The smallest absolute Gasteiger partial charge is 0.192 e. The summed E-state index contributed by atoms with van der Waals surface area (Å²) in [5, 5.41) is 15.1. The van der Waals surface area contributed by atoms with Crippen LogP contribution >= 0.6 is 0 Å². The second-order valence-corrected chi connectivity index (χ2v) is 6.19. The van der Waals surface area contributed by atoms with E-state index in [9.17, 15) is 0 Å². The quantitative estimate of drug-likeness (QED) is 0.652. The van der Waals surface area contributed by atoms with Gasteiger partial charge in [0.15, 0.2) is 11.8 Å². The zero-order valence-electron chi connectivity index (χ0n) is 14.0. The third kappa shape index (κ3) is 4.09. The fourth-order valence-corrected chi connectivity index (χ4v) is 2.37. The summed E-state index contributed by atoms with van der Waals surface area (Å²) in [7, 11) is 1.98. The van der Waals surface area contributed by atoms with Crippen molar-refractivity contribution in [2.45, 2.75) is 39.4 Å². The fraction of sp³-hybridized carbons (Fsp3) is 0.471. The van der Waals surface area contributed by atoms with E-state index in [2.05, 4.69) is 39.9 Å². The summed E-state index contributed by atoms with van der Waals surface area (Å²) in [6, 6.07) is 10.8. The Morgan fingerprint density at radius 3 is 2.65 bits per heavy atom. The van der Waals surface area contributed by atoms with Gasteiger partial charge in [0.2, 0.25) is 0 Å². The van der Waals surface area contributed by atoms with Crippen molar-refractivity contribution in [3.05, 3.63) is 47.5 Å². The summed E-state index contributed by atoms with van der Waals surface area (Å²) in [4.78, 5) is 4.70. The van der Waals surface area contributed by atoms with E-state index >= 15 is 0 Å². The summed E-state index contributed by atoms with van der Waals surface area (Å²) in [6.07, 6.45) is 1.20. The third-order valence-electron chi connectivity index (χ3n) is 4.29. The molecule has 3 rings (SSSR count). The molecule has 122 valence electrons. The van der Waals surface area contributed by atoms with Crippen molar-refractivity contribution in [2.24, 2.45) is 18.0 Å². The summed E-state index contributed by atoms with van der Waals surface area (Å²) >= 11 is 0. The lowest BCUT2D eigenvalue weighted by Crippen LogP contribution is -2.39. The molecule has 0 amide bonds. The van der Waals surface area contributed by atoms with Gasteiger partial charge in [0.25, 0.3) is 0 Å². The third-order valence-corrected chi connectivity index (χ3v) is 4.29. The zero-order valence-corrected chi connectivity index (χ0v) is 14.0. The normalized spacial score (nSPS) is 20.4. The molecule has 2 N–H and O–H groups in total. The standard InChI is InChI=1S/C17H24N6/c1-12-9-15(12)20-17(18-10-14-7-5-4-6-8-14)19-11-16-22-21-13(2)23(16)3/h4-8,12,15H,9-11H2,1-3H3,(H2,18,19,20). The lowest BCUT2D eigenvalue weighted by molar-refractivity contribution is 0.704. The molecule has 1 heterocycles. The highest BCUT2D eigenvalue weighted by Crippen LogP contribution is 2.28. The van der Waals surface area contributed by atoms with Crippen molar-refractivity contribution >= 4 is 5.96 Å². The average molecular weight is 312 g/mol. The predicted octanol–water partition coefficient (Wildman–Crippen LogP) is 1.77. The molecule has 23 heavy (non-hydrogen) atoms. The molecule has 0 bridgehead atoms. The Kier molecular flexibility index (Phi) is 4.60. The van der Waals surface area contributed by atoms with Crippen LogP contribution in [0.25, 0.3) is 0 Å². The van der Waals surface area contributed by atoms with E-state index in [1.54, 1.807) is 0 Å². The predicted molar refractivity (Wildman–Crippen MR) is 90.9 cm³/mol. The Bertz CT molecular complexity index is 676. The second kappa shape index (κ2) is 6.81. The van der Waals surface area contributed by atoms with Crippen molar-refractivity contribution in [1.29, 1.82) is 0 Å². The van der Waals surface area contributed by atoms with Crippen molar-refractivity contribution in [1.82, 2.24) is 25.4 Å². The number of rotatable bonds is 5. The Balaban J connectivity index is 1.64. The number of aromatic nitrogens is 3. The number of aliphatic imine (C=N–C) groups is 1. The fourth-order valence-electron chi connectivity index (χ4n) is 2.37. The highest BCUT2D eigenvalue weighted by Gasteiger charge is 2.33. The molecule has 0 spiro atoms. The molecule has 6 nitrogen and oxygen atoms in total. The zero-order chi connectivity index (χ0) is 16.2. The van der Waals surface area contributed by atoms with Gasteiger partial charge in [-0.05, 0) is 24.8 Å². The number of guanidine groups is 1. The van der Waals surface area contributed by atoms with Gasteiger partial charge >= 0.3 is 0 Å². The number of benzene rings is 1. The van der Waals surface area contributed by atoms with Crippen molar-refractivity contribution in [2.75, 3.05) is 0 Å². The summed E-state index contributed by atoms with van der Waals surface area (Å²) < 4.78 is 1.99. The molecule has 1 aromatic carbocycles. The topological polar surface area (TPSA) is 67.1 Å². The summed E-state index contributed by atoms with van der Waals surface area (Å²) in [5.74, 6) is 3.37. The SMILES string of the molecule is Cc1nnc(CNC(=NCc2ccccc2)NC2CC2C)n1C. The van der Waals surface area contributed by atoms with Crippen molar-refractivity contribution in [3.63, 3.8) is 0 Å². The molecular weight excluding hydrogens is 288 g/mol. The number of hydrogen-bond acceptors (Lipinski definition) is 3.